The SMILES string of the molecule is Cc1cc(-c2c(C)sc3nc(CCCCl)[nH]c(=O)c23)ccc1Cl. The molecular formula is C17H16Cl2N2OS. The molecule has 0 aliphatic heterocycles. The first kappa shape index (κ1) is 16.5. The number of benzene rings is 1. The molecule has 0 spiro atoms. The minimum atomic E-state index is -0.0912. The van der Waals surface area contributed by atoms with Crippen LogP contribution in [0.15, 0.2) is 23.0 Å². The largest absolute Gasteiger partial charge is 0.310 e. The van der Waals surface area contributed by atoms with Gasteiger partial charge in [-0.3, -0.25) is 4.79 Å². The van der Waals surface area contributed by atoms with Crippen LogP contribution >= 0.6 is 34.5 Å². The second-order valence-corrected chi connectivity index (χ2v) is 7.47. The van der Waals surface area contributed by atoms with Crippen LogP contribution in [0, 0.1) is 13.8 Å². The average molecular weight is 367 g/mol. The molecule has 2 aromatic heterocycles. The standard InChI is InChI=1S/C17H16Cl2N2OS/c1-9-8-11(5-6-12(9)19)14-10(2)23-17-15(14)16(22)20-13(21-17)4-3-7-18/h5-6,8H,3-4,7H2,1-2H3,(H,20,21,22). The summed E-state index contributed by atoms with van der Waals surface area (Å²) in [5.74, 6) is 1.25. The van der Waals surface area contributed by atoms with Gasteiger partial charge in [-0.2, -0.15) is 0 Å². The van der Waals surface area contributed by atoms with Gasteiger partial charge in [0.05, 0.1) is 5.39 Å². The van der Waals surface area contributed by atoms with Crippen LogP contribution in [0.5, 0.6) is 0 Å². The van der Waals surface area contributed by atoms with Crippen LogP contribution in [-0.2, 0) is 6.42 Å². The molecular weight excluding hydrogens is 351 g/mol. The second-order valence-electron chi connectivity index (χ2n) is 5.48. The van der Waals surface area contributed by atoms with Crippen LogP contribution < -0.4 is 5.56 Å². The molecule has 0 saturated heterocycles. The highest BCUT2D eigenvalue weighted by atomic mass is 35.5. The van der Waals surface area contributed by atoms with Crippen molar-refractivity contribution in [1.82, 2.24) is 9.97 Å². The average Bonchev–Trinajstić information content (AvgIpc) is 2.84. The number of H-pyrrole nitrogens is 1. The number of halogens is 2. The minimum absolute atomic E-state index is 0.0912. The number of alkyl halides is 1. The van der Waals surface area contributed by atoms with Crippen LogP contribution in [-0.4, -0.2) is 15.8 Å². The van der Waals surface area contributed by atoms with E-state index in [9.17, 15) is 4.79 Å². The third kappa shape index (κ3) is 3.16. The molecule has 3 nitrogen and oxygen atoms in total. The van der Waals surface area contributed by atoms with Gasteiger partial charge in [0.1, 0.15) is 10.7 Å². The van der Waals surface area contributed by atoms with Crippen molar-refractivity contribution in [2.75, 3.05) is 5.88 Å². The van der Waals surface area contributed by atoms with Gasteiger partial charge >= 0.3 is 0 Å². The van der Waals surface area contributed by atoms with Crippen LogP contribution in [0.1, 0.15) is 22.7 Å². The maximum atomic E-state index is 12.6. The lowest BCUT2D eigenvalue weighted by Crippen LogP contribution is -2.11. The number of fused-ring (bicyclic) bond motifs is 1. The number of rotatable bonds is 4. The van der Waals surface area contributed by atoms with Gasteiger partial charge in [0, 0.05) is 27.8 Å². The summed E-state index contributed by atoms with van der Waals surface area (Å²) in [7, 11) is 0. The Morgan fingerprint density at radius 3 is 2.78 bits per heavy atom. The lowest BCUT2D eigenvalue weighted by atomic mass is 10.0. The highest BCUT2D eigenvalue weighted by molar-refractivity contribution is 7.19. The lowest BCUT2D eigenvalue weighted by Gasteiger charge is -2.05. The van der Waals surface area contributed by atoms with Gasteiger partial charge in [-0.1, -0.05) is 17.7 Å². The molecule has 120 valence electrons. The van der Waals surface area contributed by atoms with Crippen molar-refractivity contribution in [3.8, 4) is 11.1 Å². The molecule has 0 atom stereocenters. The third-order valence-electron chi connectivity index (χ3n) is 3.78. The summed E-state index contributed by atoms with van der Waals surface area (Å²) in [6, 6.07) is 5.83. The predicted octanol–water partition coefficient (Wildman–Crippen LogP) is 5.09. The van der Waals surface area contributed by atoms with Gasteiger partial charge in [0.25, 0.3) is 5.56 Å². The molecule has 6 heteroatoms. The minimum Gasteiger partial charge on any atom is -0.310 e. The molecule has 0 unspecified atom stereocenters. The van der Waals surface area contributed by atoms with E-state index < -0.39 is 0 Å². The van der Waals surface area contributed by atoms with Crippen LogP contribution in [0.25, 0.3) is 21.3 Å². The Bertz CT molecular complexity index is 930. The Kier molecular flexibility index (Phi) is 4.76. The van der Waals surface area contributed by atoms with Gasteiger partial charge in [-0.15, -0.1) is 22.9 Å². The first-order valence-corrected chi connectivity index (χ1v) is 9.09. The molecule has 0 amide bonds. The number of aromatic nitrogens is 2. The summed E-state index contributed by atoms with van der Waals surface area (Å²) < 4.78 is 0. The Labute approximate surface area is 148 Å². The van der Waals surface area contributed by atoms with Crippen molar-refractivity contribution in [2.24, 2.45) is 0 Å². The van der Waals surface area contributed by atoms with E-state index in [1.807, 2.05) is 32.0 Å². The summed E-state index contributed by atoms with van der Waals surface area (Å²) in [6.45, 7) is 3.98. The van der Waals surface area contributed by atoms with E-state index in [0.29, 0.717) is 23.5 Å². The van der Waals surface area contributed by atoms with Crippen molar-refractivity contribution in [2.45, 2.75) is 26.7 Å². The molecule has 0 aliphatic carbocycles. The van der Waals surface area contributed by atoms with Gasteiger partial charge in [0.2, 0.25) is 0 Å². The van der Waals surface area contributed by atoms with Crippen molar-refractivity contribution in [3.63, 3.8) is 0 Å². The smallest absolute Gasteiger partial charge is 0.260 e. The monoisotopic (exact) mass is 366 g/mol. The fraction of sp³-hybridized carbons (Fsp3) is 0.294. The van der Waals surface area contributed by atoms with E-state index in [-0.39, 0.29) is 5.56 Å². The van der Waals surface area contributed by atoms with Crippen molar-refractivity contribution < 1.29 is 0 Å². The first-order chi connectivity index (χ1) is 11.0. The Balaban J connectivity index is 2.20. The molecule has 1 N–H and O–H groups in total. The van der Waals surface area contributed by atoms with Crippen molar-refractivity contribution in [1.29, 1.82) is 0 Å². The van der Waals surface area contributed by atoms with Crippen molar-refractivity contribution in [3.05, 3.63) is 49.8 Å². The topological polar surface area (TPSA) is 45.8 Å². The van der Waals surface area contributed by atoms with Gasteiger partial charge in [-0.05, 0) is 43.5 Å². The molecule has 0 aliphatic rings. The van der Waals surface area contributed by atoms with Gasteiger partial charge in [-0.25, -0.2) is 4.98 Å². The zero-order valence-corrected chi connectivity index (χ0v) is 15.2. The lowest BCUT2D eigenvalue weighted by molar-refractivity contribution is 0.843. The molecule has 3 aromatic rings. The first-order valence-electron chi connectivity index (χ1n) is 7.36. The summed E-state index contributed by atoms with van der Waals surface area (Å²) in [5, 5.41) is 1.38. The van der Waals surface area contributed by atoms with E-state index in [2.05, 4.69) is 9.97 Å². The van der Waals surface area contributed by atoms with Gasteiger partial charge < -0.3 is 4.98 Å². The van der Waals surface area contributed by atoms with Crippen LogP contribution in [0.3, 0.4) is 0 Å². The Hall–Kier alpha value is -1.36. The summed E-state index contributed by atoms with van der Waals surface area (Å²) in [5.41, 5.74) is 2.84. The van der Waals surface area contributed by atoms with Crippen LogP contribution in [0.2, 0.25) is 5.02 Å². The fourth-order valence-corrected chi connectivity index (χ4v) is 3.98. The molecule has 1 aromatic carbocycles. The third-order valence-corrected chi connectivity index (χ3v) is 5.47. The van der Waals surface area contributed by atoms with Crippen LogP contribution in [0.4, 0.5) is 0 Å². The quantitative estimate of drug-likeness (QED) is 0.653. The molecule has 3 rings (SSSR count). The number of aryl methyl sites for hydroxylation is 3. The molecule has 2 heterocycles. The zero-order chi connectivity index (χ0) is 16.6. The zero-order valence-electron chi connectivity index (χ0n) is 12.9. The fourth-order valence-electron chi connectivity index (χ4n) is 2.66. The van der Waals surface area contributed by atoms with E-state index >= 15 is 0 Å². The summed E-state index contributed by atoms with van der Waals surface area (Å²) in [4.78, 5) is 21.9. The maximum absolute atomic E-state index is 12.6. The highest BCUT2D eigenvalue weighted by Crippen LogP contribution is 2.36. The number of nitrogens with one attached hydrogen (secondary N) is 1. The van der Waals surface area contributed by atoms with E-state index in [0.717, 1.165) is 37.8 Å². The Morgan fingerprint density at radius 2 is 2.09 bits per heavy atom. The molecule has 0 radical (unpaired) electrons. The number of hydrogen-bond acceptors (Lipinski definition) is 3. The molecule has 0 bridgehead atoms. The molecule has 0 saturated carbocycles. The van der Waals surface area contributed by atoms with E-state index in [1.165, 1.54) is 0 Å². The summed E-state index contributed by atoms with van der Waals surface area (Å²) >= 11 is 13.4. The van der Waals surface area contributed by atoms with Crippen molar-refractivity contribution >= 4 is 44.8 Å². The molecule has 0 fully saturated rings. The van der Waals surface area contributed by atoms with E-state index in [1.54, 1.807) is 11.3 Å². The Morgan fingerprint density at radius 1 is 1.30 bits per heavy atom. The highest BCUT2D eigenvalue weighted by Gasteiger charge is 2.17. The normalized spacial score (nSPS) is 11.3. The van der Waals surface area contributed by atoms with Gasteiger partial charge in [0.15, 0.2) is 0 Å². The number of aromatic amines is 1. The number of hydrogen-bond donors (Lipinski definition) is 1. The second kappa shape index (κ2) is 6.63. The number of thiophene rings is 1. The molecule has 23 heavy (non-hydrogen) atoms. The summed E-state index contributed by atoms with van der Waals surface area (Å²) in [6.07, 6.45) is 1.48. The maximum Gasteiger partial charge on any atom is 0.260 e. The van der Waals surface area contributed by atoms with E-state index in [4.69, 9.17) is 23.2 Å². The number of nitrogens with zero attached hydrogens (tertiary/aromatic N) is 1. The predicted molar refractivity (Wildman–Crippen MR) is 99.2 cm³/mol.